The Morgan fingerprint density at radius 2 is 1.93 bits per heavy atom. The van der Waals surface area contributed by atoms with Crippen LogP contribution < -0.4 is 15.1 Å². The predicted octanol–water partition coefficient (Wildman–Crippen LogP) is -0.800. The van der Waals surface area contributed by atoms with E-state index in [0.717, 1.165) is 6.26 Å². The summed E-state index contributed by atoms with van der Waals surface area (Å²) < 4.78 is 20.6. The molecule has 0 amide bonds. The van der Waals surface area contributed by atoms with Gasteiger partial charge in [-0.15, -0.1) is 0 Å². The molecule has 5 atom stereocenters. The van der Waals surface area contributed by atoms with Gasteiger partial charge in [0.2, 0.25) is 6.29 Å². The highest BCUT2D eigenvalue weighted by Crippen LogP contribution is 2.34. The third-order valence-electron chi connectivity index (χ3n) is 4.11. The lowest BCUT2D eigenvalue weighted by molar-refractivity contribution is -0.277. The van der Waals surface area contributed by atoms with Crippen molar-refractivity contribution in [3.63, 3.8) is 0 Å². The third kappa shape index (κ3) is 3.48. The van der Waals surface area contributed by atoms with Gasteiger partial charge in [-0.2, -0.15) is 0 Å². The Balaban J connectivity index is 1.90. The molecule has 1 aliphatic heterocycles. The predicted molar refractivity (Wildman–Crippen MR) is 89.4 cm³/mol. The summed E-state index contributed by atoms with van der Waals surface area (Å²) >= 11 is 0. The number of aromatic hydroxyl groups is 1. The summed E-state index contributed by atoms with van der Waals surface area (Å²) in [4.78, 5) is 11.9. The average molecular weight is 382 g/mol. The maximum atomic E-state index is 11.9. The van der Waals surface area contributed by atoms with Crippen LogP contribution in [0.3, 0.4) is 0 Å². The fourth-order valence-electron chi connectivity index (χ4n) is 2.71. The fraction of sp³-hybridized carbons (Fsp3) is 0.353. The van der Waals surface area contributed by atoms with Gasteiger partial charge in [-0.25, -0.2) is 4.79 Å². The summed E-state index contributed by atoms with van der Waals surface area (Å²) in [6.45, 7) is 2.70. The molecule has 0 radical (unpaired) electrons. The van der Waals surface area contributed by atoms with E-state index in [1.807, 2.05) is 0 Å². The van der Waals surface area contributed by atoms with E-state index in [0.29, 0.717) is 0 Å². The summed E-state index contributed by atoms with van der Waals surface area (Å²) in [5.41, 5.74) is -0.971. The first-order valence-electron chi connectivity index (χ1n) is 7.92. The molecular formula is C17H18O10. The van der Waals surface area contributed by atoms with E-state index in [9.17, 15) is 30.3 Å². The number of benzene rings is 1. The zero-order valence-electron chi connectivity index (χ0n) is 13.9. The zero-order valence-corrected chi connectivity index (χ0v) is 13.9. The monoisotopic (exact) mass is 382 g/mol. The van der Waals surface area contributed by atoms with Crippen LogP contribution in [0.15, 0.2) is 40.3 Å². The van der Waals surface area contributed by atoms with Crippen molar-refractivity contribution in [2.24, 2.45) is 0 Å². The molecule has 1 saturated heterocycles. The third-order valence-corrected chi connectivity index (χ3v) is 4.11. The molecule has 10 nitrogen and oxygen atoms in total. The van der Waals surface area contributed by atoms with Gasteiger partial charge >= 0.3 is 5.63 Å². The molecule has 0 unspecified atom stereocenters. The second-order valence-electron chi connectivity index (χ2n) is 5.82. The highest BCUT2D eigenvalue weighted by atomic mass is 16.7. The maximum absolute atomic E-state index is 11.9. The Morgan fingerprint density at radius 1 is 1.19 bits per heavy atom. The molecular weight excluding hydrogens is 364 g/mol. The van der Waals surface area contributed by atoms with Crippen molar-refractivity contribution in [1.82, 2.24) is 0 Å². The lowest BCUT2D eigenvalue weighted by Gasteiger charge is -2.39. The van der Waals surface area contributed by atoms with Crippen molar-refractivity contribution >= 4 is 11.0 Å². The van der Waals surface area contributed by atoms with Crippen molar-refractivity contribution in [3.05, 3.63) is 41.5 Å². The number of ether oxygens (including phenoxy) is 3. The van der Waals surface area contributed by atoms with Gasteiger partial charge < -0.3 is 44.2 Å². The van der Waals surface area contributed by atoms with Crippen LogP contribution in [0.5, 0.6) is 17.2 Å². The van der Waals surface area contributed by atoms with Crippen LogP contribution in [0.1, 0.15) is 0 Å². The second kappa shape index (κ2) is 7.55. The molecule has 10 heteroatoms. The molecule has 3 rings (SSSR count). The van der Waals surface area contributed by atoms with E-state index in [2.05, 4.69) is 6.58 Å². The molecule has 146 valence electrons. The van der Waals surface area contributed by atoms with Crippen LogP contribution in [0.4, 0.5) is 0 Å². The molecule has 1 fully saturated rings. The second-order valence-corrected chi connectivity index (χ2v) is 5.82. The zero-order chi connectivity index (χ0) is 19.7. The van der Waals surface area contributed by atoms with Crippen LogP contribution >= 0.6 is 0 Å². The van der Waals surface area contributed by atoms with Gasteiger partial charge in [0.05, 0.1) is 18.3 Å². The van der Waals surface area contributed by atoms with Gasteiger partial charge in [0.25, 0.3) is 5.75 Å². The Kier molecular flexibility index (Phi) is 5.35. The summed E-state index contributed by atoms with van der Waals surface area (Å²) in [7, 11) is 0. The lowest BCUT2D eigenvalue weighted by Crippen LogP contribution is -2.60. The molecule has 1 aromatic carbocycles. The van der Waals surface area contributed by atoms with Crippen LogP contribution in [-0.2, 0) is 4.74 Å². The van der Waals surface area contributed by atoms with E-state index in [1.54, 1.807) is 0 Å². The van der Waals surface area contributed by atoms with Gasteiger partial charge in [0, 0.05) is 6.07 Å². The highest BCUT2D eigenvalue weighted by Gasteiger charge is 2.44. The fourth-order valence-corrected chi connectivity index (χ4v) is 2.71. The summed E-state index contributed by atoms with van der Waals surface area (Å²) in [6.07, 6.45) is -6.27. The van der Waals surface area contributed by atoms with Gasteiger partial charge in [0.1, 0.15) is 35.7 Å². The topological polar surface area (TPSA) is 159 Å². The first-order chi connectivity index (χ1) is 12.9. The SMILES string of the molecule is C=COc1c(O)c2ccc(O[C@@H]3O[C@H](CO)[C@@H](O)[C@H](O)[C@H]3O)cc2oc1=O. The van der Waals surface area contributed by atoms with Crippen molar-refractivity contribution in [1.29, 1.82) is 0 Å². The summed E-state index contributed by atoms with van der Waals surface area (Å²) in [5.74, 6) is -0.785. The summed E-state index contributed by atoms with van der Waals surface area (Å²) in [6, 6.07) is 4.03. The van der Waals surface area contributed by atoms with Gasteiger partial charge in [0.15, 0.2) is 5.75 Å². The molecule has 27 heavy (non-hydrogen) atoms. The molecule has 0 bridgehead atoms. The molecule has 0 saturated carbocycles. The van der Waals surface area contributed by atoms with Crippen LogP contribution in [-0.4, -0.2) is 62.8 Å². The van der Waals surface area contributed by atoms with E-state index in [4.69, 9.17) is 18.6 Å². The first kappa shape index (κ1) is 19.1. The normalized spacial score (nSPS) is 28.1. The number of aliphatic hydroxyl groups excluding tert-OH is 4. The van der Waals surface area contributed by atoms with E-state index in [-0.39, 0.29) is 16.7 Å². The number of aliphatic hydroxyl groups is 4. The lowest BCUT2D eigenvalue weighted by atomic mass is 9.99. The van der Waals surface area contributed by atoms with E-state index < -0.39 is 54.4 Å². The average Bonchev–Trinajstić information content (AvgIpc) is 2.65. The first-order valence-corrected chi connectivity index (χ1v) is 7.92. The smallest absolute Gasteiger partial charge is 0.383 e. The van der Waals surface area contributed by atoms with Crippen LogP contribution in [0.2, 0.25) is 0 Å². The Morgan fingerprint density at radius 3 is 2.59 bits per heavy atom. The van der Waals surface area contributed by atoms with Crippen molar-refractivity contribution < 1.29 is 44.2 Å². The Hall–Kier alpha value is -2.63. The Bertz CT molecular complexity index is 889. The molecule has 1 aliphatic rings. The van der Waals surface area contributed by atoms with Crippen molar-refractivity contribution in [3.8, 4) is 17.2 Å². The minimum absolute atomic E-state index is 0.0315. The van der Waals surface area contributed by atoms with Crippen molar-refractivity contribution in [2.75, 3.05) is 6.61 Å². The molecule has 0 aliphatic carbocycles. The number of rotatable bonds is 5. The molecule has 2 aromatic rings. The summed E-state index contributed by atoms with van der Waals surface area (Å²) in [5, 5.41) is 49.0. The van der Waals surface area contributed by atoms with E-state index >= 15 is 0 Å². The number of hydrogen-bond acceptors (Lipinski definition) is 10. The Labute approximate surface area is 152 Å². The highest BCUT2D eigenvalue weighted by molar-refractivity contribution is 5.86. The van der Waals surface area contributed by atoms with Gasteiger partial charge in [-0.05, 0) is 12.1 Å². The van der Waals surface area contributed by atoms with Crippen LogP contribution in [0.25, 0.3) is 11.0 Å². The van der Waals surface area contributed by atoms with Crippen LogP contribution in [0, 0.1) is 0 Å². The number of fused-ring (bicyclic) bond motifs is 1. The maximum Gasteiger partial charge on any atom is 0.383 e. The van der Waals surface area contributed by atoms with Gasteiger partial charge in [-0.1, -0.05) is 6.58 Å². The van der Waals surface area contributed by atoms with Crippen molar-refractivity contribution in [2.45, 2.75) is 30.7 Å². The quantitative estimate of drug-likeness (QED) is 0.327. The molecule has 1 aromatic heterocycles. The van der Waals surface area contributed by atoms with E-state index in [1.165, 1.54) is 18.2 Å². The molecule has 0 spiro atoms. The largest absolute Gasteiger partial charge is 0.504 e. The standard InChI is InChI=1S/C17H18O10/c1-2-24-15-11(19)8-4-3-7(5-9(8)26-16(15)23)25-17-14(22)13(21)12(20)10(6-18)27-17/h2-5,10,12-14,17-22H,1,6H2/t10-,12-,13+,14-,17-/m1/s1. The minimum Gasteiger partial charge on any atom is -0.504 e. The number of hydrogen-bond donors (Lipinski definition) is 5. The molecule has 2 heterocycles. The van der Waals surface area contributed by atoms with Gasteiger partial charge in [-0.3, -0.25) is 0 Å². The molecule has 5 N–H and O–H groups in total. The minimum atomic E-state index is -1.60.